The van der Waals surface area contributed by atoms with E-state index in [2.05, 4.69) is 0 Å². The molecule has 1 unspecified atom stereocenters. The van der Waals surface area contributed by atoms with Crippen molar-refractivity contribution < 1.29 is 87.9 Å². The monoisotopic (exact) mass is 340 g/mol. The van der Waals surface area contributed by atoms with Crippen LogP contribution in [-0.2, 0) is 20.2 Å². The van der Waals surface area contributed by atoms with E-state index >= 15 is 0 Å². The van der Waals surface area contributed by atoms with Crippen molar-refractivity contribution in [2.45, 2.75) is 24.5 Å². The van der Waals surface area contributed by atoms with E-state index in [0.29, 0.717) is 12.0 Å². The summed E-state index contributed by atoms with van der Waals surface area (Å²) in [5.41, 5.74) is 1.27. The smallest absolute Gasteiger partial charge is 1.00 e. The zero-order valence-electron chi connectivity index (χ0n) is 13.3. The fourth-order valence-corrected chi connectivity index (χ4v) is 3.37. The maximum atomic E-state index is 11.0. The standard InChI is InChI=1S/C10H12O6S2.2Na.2H/c11-17(12,13)9-3-1-7-2-4-10(18(14,15)16)6-8(7)5-9;;;;/h1,5-6,10H,2-4H2,(H,11,12,13)(H,14,15,16);;;;/q;2*+1;2*-1. The van der Waals surface area contributed by atoms with Gasteiger partial charge in [0.15, 0.2) is 0 Å². The Bertz CT molecular complexity index is 682. The van der Waals surface area contributed by atoms with Gasteiger partial charge in [-0.15, -0.1) is 0 Å². The van der Waals surface area contributed by atoms with Crippen LogP contribution in [0.5, 0.6) is 0 Å². The van der Waals surface area contributed by atoms with Gasteiger partial charge >= 0.3 is 59.1 Å². The quantitative estimate of drug-likeness (QED) is 0.386. The van der Waals surface area contributed by atoms with Crippen LogP contribution in [0.4, 0.5) is 0 Å². The normalized spacial score (nSPS) is 22.3. The number of hydrogen-bond acceptors (Lipinski definition) is 4. The van der Waals surface area contributed by atoms with Gasteiger partial charge in [-0.3, -0.25) is 9.11 Å². The summed E-state index contributed by atoms with van der Waals surface area (Å²) < 4.78 is 62.0. The SMILES string of the molecule is O=S(=O)(O)C1=CC2=CC(S(=O)(=O)O)CCC2=CC1.[H-].[H-].[Na+].[Na+]. The van der Waals surface area contributed by atoms with E-state index in [1.807, 2.05) is 0 Å². The molecule has 0 aliphatic heterocycles. The number of hydrogen-bond donors (Lipinski definition) is 2. The minimum atomic E-state index is -4.27. The van der Waals surface area contributed by atoms with Gasteiger partial charge in [0.1, 0.15) is 5.25 Å². The Morgan fingerprint density at radius 2 is 1.75 bits per heavy atom. The van der Waals surface area contributed by atoms with Gasteiger partial charge in [0, 0.05) is 6.42 Å². The minimum Gasteiger partial charge on any atom is -1.00 e. The molecule has 0 saturated carbocycles. The van der Waals surface area contributed by atoms with Crippen molar-refractivity contribution in [2.24, 2.45) is 0 Å². The summed E-state index contributed by atoms with van der Waals surface area (Å²) in [6.07, 6.45) is 5.03. The van der Waals surface area contributed by atoms with Crippen LogP contribution in [-0.4, -0.2) is 31.2 Å². The van der Waals surface area contributed by atoms with Gasteiger partial charge in [0.05, 0.1) is 4.91 Å². The van der Waals surface area contributed by atoms with Gasteiger partial charge in [0.25, 0.3) is 20.2 Å². The molecule has 0 fully saturated rings. The Balaban J connectivity index is -0.000000902. The summed E-state index contributed by atoms with van der Waals surface area (Å²) in [6.45, 7) is 0. The summed E-state index contributed by atoms with van der Waals surface area (Å²) in [5.74, 6) is 0. The number of rotatable bonds is 2. The molecule has 0 amide bonds. The van der Waals surface area contributed by atoms with Crippen LogP contribution in [0.15, 0.2) is 34.3 Å². The van der Waals surface area contributed by atoms with Crippen LogP contribution in [0.3, 0.4) is 0 Å². The topological polar surface area (TPSA) is 109 Å². The molecule has 0 radical (unpaired) electrons. The Hall–Kier alpha value is 1.04. The molecule has 1 atom stereocenters. The zero-order valence-corrected chi connectivity index (χ0v) is 16.9. The molecule has 0 bridgehead atoms. The van der Waals surface area contributed by atoms with Crippen LogP contribution < -0.4 is 59.1 Å². The van der Waals surface area contributed by atoms with Crippen molar-refractivity contribution in [1.82, 2.24) is 0 Å². The molecule has 0 aromatic rings. The molecule has 0 aromatic heterocycles. The minimum absolute atomic E-state index is 0. The molecular weight excluding hydrogens is 326 g/mol. The first-order valence-electron chi connectivity index (χ1n) is 5.23. The van der Waals surface area contributed by atoms with Gasteiger partial charge in [-0.1, -0.05) is 12.2 Å². The predicted molar refractivity (Wildman–Crippen MR) is 67.2 cm³/mol. The second-order valence-corrected chi connectivity index (χ2v) is 7.34. The first kappa shape index (κ1) is 21.0. The van der Waals surface area contributed by atoms with Crippen molar-refractivity contribution in [3.8, 4) is 0 Å². The van der Waals surface area contributed by atoms with Crippen LogP contribution >= 0.6 is 0 Å². The molecule has 6 nitrogen and oxygen atoms in total. The summed E-state index contributed by atoms with van der Waals surface area (Å²) >= 11 is 0. The number of allylic oxidation sites excluding steroid dienone is 5. The van der Waals surface area contributed by atoms with Gasteiger partial charge in [-0.25, -0.2) is 0 Å². The van der Waals surface area contributed by atoms with E-state index < -0.39 is 25.5 Å². The van der Waals surface area contributed by atoms with Gasteiger partial charge in [-0.2, -0.15) is 16.8 Å². The van der Waals surface area contributed by atoms with Crippen molar-refractivity contribution in [3.63, 3.8) is 0 Å². The first-order chi connectivity index (χ1) is 8.18. The molecule has 104 valence electrons. The summed E-state index contributed by atoms with van der Waals surface area (Å²) in [7, 11) is -8.44. The van der Waals surface area contributed by atoms with Crippen molar-refractivity contribution >= 4 is 20.2 Å². The first-order valence-corrected chi connectivity index (χ1v) is 8.18. The molecule has 0 aromatic carbocycles. The largest absolute Gasteiger partial charge is 1.00 e. The van der Waals surface area contributed by atoms with Crippen LogP contribution in [0.25, 0.3) is 0 Å². The van der Waals surface area contributed by atoms with E-state index in [9.17, 15) is 16.8 Å². The van der Waals surface area contributed by atoms with E-state index in [0.717, 1.165) is 5.57 Å². The van der Waals surface area contributed by atoms with Gasteiger partial charge in [0.2, 0.25) is 0 Å². The molecule has 2 rings (SSSR count). The third-order valence-electron chi connectivity index (χ3n) is 3.01. The van der Waals surface area contributed by atoms with E-state index in [4.69, 9.17) is 9.11 Å². The molecule has 0 saturated heterocycles. The summed E-state index contributed by atoms with van der Waals surface area (Å²) in [4.78, 5) is -0.173. The maximum Gasteiger partial charge on any atom is 1.00 e. The van der Waals surface area contributed by atoms with E-state index in [1.165, 1.54) is 12.2 Å². The zero-order chi connectivity index (χ0) is 13.6. The van der Waals surface area contributed by atoms with E-state index in [1.54, 1.807) is 6.08 Å². The van der Waals surface area contributed by atoms with Crippen molar-refractivity contribution in [1.29, 1.82) is 0 Å². The Morgan fingerprint density at radius 3 is 2.25 bits per heavy atom. The molecule has 20 heavy (non-hydrogen) atoms. The summed E-state index contributed by atoms with van der Waals surface area (Å²) in [5, 5.41) is -1.03. The number of fused-ring (bicyclic) bond motifs is 1. The average Bonchev–Trinajstić information content (AvgIpc) is 2.25. The van der Waals surface area contributed by atoms with Gasteiger partial charge < -0.3 is 2.85 Å². The molecule has 2 aliphatic rings. The fourth-order valence-electron chi connectivity index (χ4n) is 2.06. The van der Waals surface area contributed by atoms with Crippen LogP contribution in [0.1, 0.15) is 22.1 Å². The molecular formula is C10H14Na2O6S2. The second-order valence-electron chi connectivity index (χ2n) is 4.23. The molecule has 0 spiro atoms. The molecule has 0 heterocycles. The third-order valence-corrected chi connectivity index (χ3v) is 5.10. The Kier molecular flexibility index (Phi) is 7.93. The second kappa shape index (κ2) is 7.54. The Labute approximate surface area is 165 Å². The maximum absolute atomic E-state index is 11.0. The molecule has 2 aliphatic carbocycles. The van der Waals surface area contributed by atoms with Crippen LogP contribution in [0, 0.1) is 0 Å². The predicted octanol–water partition coefficient (Wildman–Crippen LogP) is -4.70. The van der Waals surface area contributed by atoms with Crippen molar-refractivity contribution in [3.05, 3.63) is 34.3 Å². The van der Waals surface area contributed by atoms with Crippen LogP contribution in [0.2, 0.25) is 0 Å². The van der Waals surface area contributed by atoms with Gasteiger partial charge in [-0.05, 0) is 30.1 Å². The molecule has 2 N–H and O–H groups in total. The van der Waals surface area contributed by atoms with E-state index in [-0.39, 0.29) is 79.7 Å². The average molecular weight is 340 g/mol. The fraction of sp³-hybridized carbons (Fsp3) is 0.400. The molecule has 10 heteroatoms. The summed E-state index contributed by atoms with van der Waals surface area (Å²) in [6, 6.07) is 0. The Morgan fingerprint density at radius 1 is 1.15 bits per heavy atom. The van der Waals surface area contributed by atoms with Crippen molar-refractivity contribution in [2.75, 3.05) is 0 Å². The third kappa shape index (κ3) is 5.05.